The summed E-state index contributed by atoms with van der Waals surface area (Å²) < 4.78 is 17.5. The Morgan fingerprint density at radius 3 is 2.54 bits per heavy atom. The number of piperidine rings is 3. The lowest BCUT2D eigenvalue weighted by atomic mass is 9.86. The molecule has 56 heavy (non-hydrogen) atoms. The van der Waals surface area contributed by atoms with Crippen LogP contribution in [-0.2, 0) is 16.1 Å². The summed E-state index contributed by atoms with van der Waals surface area (Å²) in [7, 11) is 0. The van der Waals surface area contributed by atoms with Crippen LogP contribution < -0.4 is 20.9 Å². The fourth-order valence-electron chi connectivity index (χ4n) is 7.41. The monoisotopic (exact) mass is 761 g/mol. The Bertz CT molecular complexity index is 2150. The highest BCUT2D eigenvalue weighted by Crippen LogP contribution is 2.31. The van der Waals surface area contributed by atoms with Crippen molar-refractivity contribution < 1.29 is 34.0 Å². The van der Waals surface area contributed by atoms with Gasteiger partial charge in [-0.15, -0.1) is 0 Å². The number of esters is 1. The molecule has 3 atom stereocenters. The molecule has 3 aliphatic rings. The van der Waals surface area contributed by atoms with E-state index in [2.05, 4.69) is 25.5 Å². The van der Waals surface area contributed by atoms with Gasteiger partial charge in [-0.1, -0.05) is 48.5 Å². The van der Waals surface area contributed by atoms with Crippen molar-refractivity contribution in [2.24, 2.45) is 5.92 Å². The van der Waals surface area contributed by atoms with Gasteiger partial charge in [-0.25, -0.2) is 9.59 Å². The molecule has 2 aromatic heterocycles. The molecule has 13 heteroatoms. The number of aliphatic hydroxyl groups is 1. The Balaban J connectivity index is 0.844. The third-order valence-electron chi connectivity index (χ3n) is 10.5. The van der Waals surface area contributed by atoms with Crippen molar-refractivity contribution in [3.63, 3.8) is 0 Å². The molecule has 8 rings (SSSR count). The highest BCUT2D eigenvalue weighted by Gasteiger charge is 2.37. The van der Waals surface area contributed by atoms with E-state index in [9.17, 15) is 24.6 Å². The number of fused-ring (bicyclic) bond motifs is 4. The van der Waals surface area contributed by atoms with Gasteiger partial charge in [0.05, 0.1) is 35.5 Å². The van der Waals surface area contributed by atoms with E-state index in [-0.39, 0.29) is 42.7 Å². The number of unbranched alkanes of at least 4 members (excludes halogenated alkanes) is 1. The summed E-state index contributed by atoms with van der Waals surface area (Å²) in [6.45, 7) is 4.21. The number of aromatic nitrogens is 2. The number of alkyl carbamates (subject to hydrolysis) is 1. The molecule has 5 N–H and O–H groups in total. The zero-order chi connectivity index (χ0) is 38.9. The van der Waals surface area contributed by atoms with E-state index in [1.54, 1.807) is 24.3 Å². The van der Waals surface area contributed by atoms with Crippen LogP contribution in [0.3, 0.4) is 0 Å². The number of nitrogens with one attached hydrogen (secondary N) is 3. The van der Waals surface area contributed by atoms with E-state index in [1.165, 1.54) is 18.3 Å². The molecule has 5 heterocycles. The number of rotatable bonds is 16. The van der Waals surface area contributed by atoms with E-state index in [4.69, 9.17) is 14.2 Å². The summed E-state index contributed by atoms with van der Waals surface area (Å²) in [5.74, 6) is 0.495. The number of aromatic hydroxyl groups is 1. The zero-order valence-corrected chi connectivity index (χ0v) is 31.1. The van der Waals surface area contributed by atoms with Crippen molar-refractivity contribution in [2.45, 2.75) is 50.5 Å². The first-order valence-corrected chi connectivity index (χ1v) is 19.1. The Hall–Kier alpha value is -5.76. The lowest BCUT2D eigenvalue weighted by molar-refractivity contribution is -0.0336. The summed E-state index contributed by atoms with van der Waals surface area (Å²) >= 11 is 0. The van der Waals surface area contributed by atoms with Crippen molar-refractivity contribution in [1.29, 1.82) is 0 Å². The Morgan fingerprint density at radius 1 is 0.946 bits per heavy atom. The average Bonchev–Trinajstić information content (AvgIpc) is 3.23. The van der Waals surface area contributed by atoms with Gasteiger partial charge in [0.15, 0.2) is 0 Å². The largest absolute Gasteiger partial charge is 0.506 e. The van der Waals surface area contributed by atoms with Gasteiger partial charge >= 0.3 is 12.1 Å². The van der Waals surface area contributed by atoms with E-state index in [1.807, 2.05) is 54.6 Å². The van der Waals surface area contributed by atoms with Crippen LogP contribution >= 0.6 is 0 Å². The Morgan fingerprint density at radius 2 is 1.77 bits per heavy atom. The van der Waals surface area contributed by atoms with Crippen LogP contribution in [0.2, 0.25) is 0 Å². The first kappa shape index (κ1) is 38.5. The molecule has 13 nitrogen and oxygen atoms in total. The van der Waals surface area contributed by atoms with Crippen LogP contribution in [0.5, 0.6) is 11.5 Å². The average molecular weight is 762 g/mol. The number of benzene rings is 3. The lowest BCUT2D eigenvalue weighted by Gasteiger charge is -2.43. The van der Waals surface area contributed by atoms with Gasteiger partial charge in [0.2, 0.25) is 5.56 Å². The molecule has 292 valence electrons. The number of hydrogen-bond donors (Lipinski definition) is 5. The third-order valence-corrected chi connectivity index (χ3v) is 10.5. The van der Waals surface area contributed by atoms with Gasteiger partial charge < -0.3 is 40.0 Å². The number of amides is 1. The molecular weight excluding hydrogens is 714 g/mol. The third kappa shape index (κ3) is 9.72. The highest BCUT2D eigenvalue weighted by molar-refractivity contribution is 5.89. The van der Waals surface area contributed by atoms with E-state index in [0.717, 1.165) is 43.6 Å². The summed E-state index contributed by atoms with van der Waals surface area (Å²) in [5, 5.41) is 27.6. The van der Waals surface area contributed by atoms with Gasteiger partial charge in [0, 0.05) is 30.7 Å². The second-order valence-electron chi connectivity index (χ2n) is 14.3. The minimum absolute atomic E-state index is 0.0581. The molecule has 1 amide bonds. The summed E-state index contributed by atoms with van der Waals surface area (Å²) in [6.07, 6.45) is 3.55. The van der Waals surface area contributed by atoms with Crippen LogP contribution in [0.25, 0.3) is 10.9 Å². The van der Waals surface area contributed by atoms with Crippen molar-refractivity contribution in [1.82, 2.24) is 25.5 Å². The van der Waals surface area contributed by atoms with Crippen LogP contribution in [-0.4, -0.2) is 82.6 Å². The standard InChI is InChI=1S/C43H47N5O8/c49-36-15-13-34(35-14-16-39(51)46-41(35)36)37(50)25-44-19-4-5-22-54-42(52)31-11-12-32(45-24-31)27-55-33-10-6-9-30(23-33)40(29-7-2-1-3-8-29)47-43(53)56-38-26-48-20-17-28(38)18-21-48/h1-3,6-16,23-24,28,37-38,40,44,49-50H,4-5,17-22,25-27H2,(H,46,51)(H,47,53)/t37-,38-,40?/m0/s1. The topological polar surface area (TPSA) is 175 Å². The number of H-pyrrole nitrogens is 1. The number of phenols is 1. The lowest BCUT2D eigenvalue weighted by Crippen LogP contribution is -2.52. The number of ether oxygens (including phenoxy) is 3. The normalized spacial score (nSPS) is 18.6. The number of carbonyl (C=O) groups excluding carboxylic acids is 2. The van der Waals surface area contributed by atoms with Gasteiger partial charge in [-0.3, -0.25) is 14.7 Å². The quantitative estimate of drug-likeness (QED) is 0.0645. The van der Waals surface area contributed by atoms with Crippen molar-refractivity contribution >= 4 is 23.0 Å². The molecule has 3 saturated heterocycles. The Labute approximate surface area is 324 Å². The Kier molecular flexibility index (Phi) is 12.6. The van der Waals surface area contributed by atoms with Gasteiger partial charge in [-0.2, -0.15) is 0 Å². The maximum absolute atomic E-state index is 13.2. The number of aliphatic hydroxyl groups excluding tert-OH is 1. The molecular formula is C43H47N5O8. The summed E-state index contributed by atoms with van der Waals surface area (Å²) in [6, 6.07) is 26.3. The molecule has 1 unspecified atom stereocenters. The smallest absolute Gasteiger partial charge is 0.408 e. The van der Waals surface area contributed by atoms with E-state index < -0.39 is 24.2 Å². The fourth-order valence-corrected chi connectivity index (χ4v) is 7.41. The molecule has 3 aromatic carbocycles. The number of aromatic amines is 1. The van der Waals surface area contributed by atoms with E-state index in [0.29, 0.717) is 53.3 Å². The maximum Gasteiger partial charge on any atom is 0.408 e. The summed E-state index contributed by atoms with van der Waals surface area (Å²) in [4.78, 5) is 46.8. The predicted molar refractivity (Wildman–Crippen MR) is 209 cm³/mol. The van der Waals surface area contributed by atoms with Gasteiger partial charge in [0.25, 0.3) is 0 Å². The first-order valence-electron chi connectivity index (χ1n) is 19.1. The number of phenolic OH excluding ortho intramolecular Hbond substituents is 1. The van der Waals surface area contributed by atoms with Crippen LogP contribution in [0.4, 0.5) is 4.79 Å². The van der Waals surface area contributed by atoms with Crippen molar-refractivity contribution in [2.75, 3.05) is 39.3 Å². The van der Waals surface area contributed by atoms with E-state index >= 15 is 0 Å². The number of carbonyl (C=O) groups is 2. The van der Waals surface area contributed by atoms with Crippen LogP contribution in [0.1, 0.15) is 70.6 Å². The number of pyridine rings is 2. The van der Waals surface area contributed by atoms with Crippen molar-refractivity contribution in [3.05, 3.63) is 135 Å². The van der Waals surface area contributed by atoms with Crippen LogP contribution in [0.15, 0.2) is 102 Å². The second-order valence-corrected chi connectivity index (χ2v) is 14.3. The molecule has 2 bridgehead atoms. The van der Waals surface area contributed by atoms with Gasteiger partial charge in [0.1, 0.15) is 24.2 Å². The van der Waals surface area contributed by atoms with Crippen molar-refractivity contribution in [3.8, 4) is 11.5 Å². The van der Waals surface area contributed by atoms with Crippen LogP contribution in [0, 0.1) is 5.92 Å². The zero-order valence-electron chi connectivity index (χ0n) is 31.1. The SMILES string of the molecule is O=C(NC(c1ccccc1)c1cccc(OCc2ccc(C(=O)OCCCCNC[C@H](O)c3ccc(O)c4[nH]c(=O)ccc34)cn2)c1)O[C@H]1CN2CCC1CC2. The summed E-state index contributed by atoms with van der Waals surface area (Å²) in [5.41, 5.74) is 3.29. The fraction of sp³-hybridized carbons (Fsp3) is 0.349. The molecule has 0 spiro atoms. The minimum atomic E-state index is -0.848. The predicted octanol–water partition coefficient (Wildman–Crippen LogP) is 5.38. The highest BCUT2D eigenvalue weighted by atomic mass is 16.6. The number of nitrogens with zero attached hydrogens (tertiary/aromatic N) is 2. The second kappa shape index (κ2) is 18.2. The number of hydrogen-bond acceptors (Lipinski definition) is 11. The maximum atomic E-state index is 13.2. The molecule has 5 aromatic rings. The minimum Gasteiger partial charge on any atom is -0.506 e. The molecule has 3 fully saturated rings. The first-order chi connectivity index (χ1) is 27.3. The molecule has 0 aliphatic carbocycles. The van der Waals surface area contributed by atoms with Gasteiger partial charge in [-0.05, 0) is 104 Å². The molecule has 3 aliphatic heterocycles. The molecule has 0 saturated carbocycles. The molecule has 0 radical (unpaired) electrons.